The van der Waals surface area contributed by atoms with Crippen LogP contribution in [0.3, 0.4) is 0 Å². The van der Waals surface area contributed by atoms with Gasteiger partial charge in [0, 0.05) is 12.8 Å². The third-order valence-corrected chi connectivity index (χ3v) is 3.69. The number of hydroxylamine groups is 2. The maximum atomic E-state index is 11.9. The quantitative estimate of drug-likeness (QED) is 0.301. The van der Waals surface area contributed by atoms with E-state index in [0.29, 0.717) is 5.06 Å². The SMILES string of the molecule is CCOc1cc([N+](=O)[O-])c(C(C)OC(=O)ON2C(=O)CCC2=O)cc1OC. The topological polar surface area (TPSA) is 135 Å². The van der Waals surface area contributed by atoms with E-state index in [1.54, 1.807) is 6.92 Å². The molecule has 11 heteroatoms. The van der Waals surface area contributed by atoms with Crippen LogP contribution in [-0.2, 0) is 19.2 Å². The highest BCUT2D eigenvalue weighted by Gasteiger charge is 2.34. The molecule has 0 aliphatic carbocycles. The summed E-state index contributed by atoms with van der Waals surface area (Å²) in [5, 5.41) is 11.7. The molecule has 27 heavy (non-hydrogen) atoms. The molecule has 0 saturated carbocycles. The number of methoxy groups -OCH3 is 1. The maximum Gasteiger partial charge on any atom is 0.534 e. The van der Waals surface area contributed by atoms with Crippen molar-refractivity contribution in [1.82, 2.24) is 5.06 Å². The number of imide groups is 1. The standard InChI is InChI=1S/C16H18N2O9/c1-4-25-13-8-11(18(22)23)10(7-12(13)24-3)9(2)26-16(21)27-17-14(19)5-6-15(17)20/h7-9H,4-6H2,1-3H3. The Bertz CT molecular complexity index is 761. The Morgan fingerprint density at radius 2 is 1.89 bits per heavy atom. The van der Waals surface area contributed by atoms with Gasteiger partial charge in [0.25, 0.3) is 17.5 Å². The van der Waals surface area contributed by atoms with Gasteiger partial charge in [0.2, 0.25) is 0 Å². The molecule has 1 aromatic rings. The number of ether oxygens (including phenoxy) is 3. The average molecular weight is 382 g/mol. The minimum absolute atomic E-state index is 0.0244. The molecule has 0 spiro atoms. The van der Waals surface area contributed by atoms with E-state index in [9.17, 15) is 24.5 Å². The summed E-state index contributed by atoms with van der Waals surface area (Å²) in [7, 11) is 1.36. The molecule has 2 rings (SSSR count). The zero-order valence-electron chi connectivity index (χ0n) is 14.9. The summed E-state index contributed by atoms with van der Waals surface area (Å²) in [4.78, 5) is 50.1. The van der Waals surface area contributed by atoms with E-state index in [0.717, 1.165) is 6.07 Å². The van der Waals surface area contributed by atoms with Crippen molar-refractivity contribution in [2.75, 3.05) is 13.7 Å². The van der Waals surface area contributed by atoms with E-state index in [1.165, 1.54) is 20.1 Å². The summed E-state index contributed by atoms with van der Waals surface area (Å²) in [6.07, 6.45) is -2.60. The third kappa shape index (κ3) is 4.43. The minimum atomic E-state index is -1.34. The Kier molecular flexibility index (Phi) is 6.16. The molecule has 0 bridgehead atoms. The monoisotopic (exact) mass is 382 g/mol. The first-order valence-corrected chi connectivity index (χ1v) is 8.01. The summed E-state index contributed by atoms with van der Waals surface area (Å²) in [5.41, 5.74) is -0.329. The average Bonchev–Trinajstić information content (AvgIpc) is 2.93. The van der Waals surface area contributed by atoms with E-state index < -0.39 is 29.0 Å². The molecule has 1 aromatic carbocycles. The molecule has 11 nitrogen and oxygen atoms in total. The molecule has 1 aliphatic rings. The van der Waals surface area contributed by atoms with Gasteiger partial charge in [-0.2, -0.15) is 0 Å². The van der Waals surface area contributed by atoms with Gasteiger partial charge in [0.05, 0.1) is 30.3 Å². The highest BCUT2D eigenvalue weighted by Crippen LogP contribution is 2.38. The van der Waals surface area contributed by atoms with Crippen LogP contribution in [0.1, 0.15) is 38.4 Å². The van der Waals surface area contributed by atoms with Gasteiger partial charge < -0.3 is 14.2 Å². The Morgan fingerprint density at radius 3 is 2.41 bits per heavy atom. The van der Waals surface area contributed by atoms with Crippen molar-refractivity contribution in [2.45, 2.75) is 32.8 Å². The molecule has 1 unspecified atom stereocenters. The molecule has 1 saturated heterocycles. The first-order valence-electron chi connectivity index (χ1n) is 8.01. The fraction of sp³-hybridized carbons (Fsp3) is 0.438. The Labute approximate surface area is 153 Å². The largest absolute Gasteiger partial charge is 0.534 e. The van der Waals surface area contributed by atoms with Gasteiger partial charge in [-0.05, 0) is 19.9 Å². The third-order valence-electron chi connectivity index (χ3n) is 3.69. The minimum Gasteiger partial charge on any atom is -0.493 e. The molecular formula is C16H18N2O9. The van der Waals surface area contributed by atoms with Crippen LogP contribution < -0.4 is 9.47 Å². The molecule has 1 atom stereocenters. The number of hydrogen-bond acceptors (Lipinski definition) is 9. The van der Waals surface area contributed by atoms with Crippen molar-refractivity contribution in [2.24, 2.45) is 0 Å². The van der Waals surface area contributed by atoms with Crippen LogP contribution in [0.2, 0.25) is 0 Å². The second-order valence-corrected chi connectivity index (χ2v) is 5.44. The number of carbonyl (C=O) groups excluding carboxylic acids is 3. The van der Waals surface area contributed by atoms with E-state index >= 15 is 0 Å². The van der Waals surface area contributed by atoms with Crippen molar-refractivity contribution in [3.05, 3.63) is 27.8 Å². The lowest BCUT2D eigenvalue weighted by molar-refractivity contribution is -0.386. The highest BCUT2D eigenvalue weighted by atomic mass is 16.8. The van der Waals surface area contributed by atoms with Crippen molar-refractivity contribution in [3.63, 3.8) is 0 Å². The van der Waals surface area contributed by atoms with Gasteiger partial charge in [-0.3, -0.25) is 24.5 Å². The summed E-state index contributed by atoms with van der Waals surface area (Å²) < 4.78 is 15.4. The predicted molar refractivity (Wildman–Crippen MR) is 87.9 cm³/mol. The first-order chi connectivity index (χ1) is 12.8. The zero-order valence-corrected chi connectivity index (χ0v) is 14.9. The van der Waals surface area contributed by atoms with Gasteiger partial charge in [0.1, 0.15) is 6.10 Å². The molecule has 2 amide bonds. The van der Waals surface area contributed by atoms with Crippen molar-refractivity contribution in [3.8, 4) is 11.5 Å². The number of benzene rings is 1. The van der Waals surface area contributed by atoms with Gasteiger partial charge in [-0.1, -0.05) is 5.06 Å². The van der Waals surface area contributed by atoms with Gasteiger partial charge in [-0.25, -0.2) is 4.79 Å². The van der Waals surface area contributed by atoms with E-state index in [4.69, 9.17) is 14.2 Å². The fourth-order valence-corrected chi connectivity index (χ4v) is 2.44. The van der Waals surface area contributed by atoms with Gasteiger partial charge in [-0.15, -0.1) is 0 Å². The second-order valence-electron chi connectivity index (χ2n) is 5.44. The molecule has 1 aliphatic heterocycles. The smallest absolute Gasteiger partial charge is 0.493 e. The van der Waals surface area contributed by atoms with Crippen LogP contribution in [-0.4, -0.2) is 41.7 Å². The number of carbonyl (C=O) groups is 3. The molecule has 0 radical (unpaired) electrons. The Hall–Kier alpha value is -3.37. The van der Waals surface area contributed by atoms with Crippen LogP contribution in [0.4, 0.5) is 10.5 Å². The molecule has 0 N–H and O–H groups in total. The lowest BCUT2D eigenvalue weighted by Gasteiger charge is -2.18. The summed E-state index contributed by atoms with van der Waals surface area (Å²) >= 11 is 0. The number of nitro groups is 1. The normalized spacial score (nSPS) is 14.7. The Balaban J connectivity index is 2.22. The van der Waals surface area contributed by atoms with E-state index in [-0.39, 0.29) is 42.2 Å². The molecule has 0 aromatic heterocycles. The van der Waals surface area contributed by atoms with Crippen LogP contribution >= 0.6 is 0 Å². The van der Waals surface area contributed by atoms with Gasteiger partial charge in [0.15, 0.2) is 11.5 Å². The Morgan fingerprint density at radius 1 is 1.26 bits per heavy atom. The van der Waals surface area contributed by atoms with Crippen molar-refractivity contribution < 1.29 is 38.4 Å². The number of rotatable bonds is 7. The zero-order chi connectivity index (χ0) is 20.1. The second kappa shape index (κ2) is 8.34. The van der Waals surface area contributed by atoms with Crippen molar-refractivity contribution >= 4 is 23.7 Å². The van der Waals surface area contributed by atoms with Crippen LogP contribution in [0.5, 0.6) is 11.5 Å². The summed E-state index contributed by atoms with van der Waals surface area (Å²) in [6, 6.07) is 2.48. The number of hydrogen-bond donors (Lipinski definition) is 0. The fourth-order valence-electron chi connectivity index (χ4n) is 2.44. The van der Waals surface area contributed by atoms with Gasteiger partial charge >= 0.3 is 6.16 Å². The molecular weight excluding hydrogens is 364 g/mol. The predicted octanol–water partition coefficient (Wildman–Crippen LogP) is 2.28. The van der Waals surface area contributed by atoms with E-state index in [1.807, 2.05) is 0 Å². The van der Waals surface area contributed by atoms with Crippen LogP contribution in [0, 0.1) is 10.1 Å². The lowest BCUT2D eigenvalue weighted by atomic mass is 10.1. The van der Waals surface area contributed by atoms with Crippen LogP contribution in [0.25, 0.3) is 0 Å². The van der Waals surface area contributed by atoms with Crippen molar-refractivity contribution in [1.29, 1.82) is 0 Å². The molecule has 1 fully saturated rings. The van der Waals surface area contributed by atoms with E-state index in [2.05, 4.69) is 4.84 Å². The first kappa shape index (κ1) is 19.9. The number of nitrogens with zero attached hydrogens (tertiary/aromatic N) is 2. The number of amides is 2. The molecule has 146 valence electrons. The maximum absolute atomic E-state index is 11.9. The summed E-state index contributed by atoms with van der Waals surface area (Å²) in [6.45, 7) is 3.35. The molecule has 1 heterocycles. The number of nitro benzene ring substituents is 1. The summed E-state index contributed by atoms with van der Waals surface area (Å²) in [5.74, 6) is -0.957. The van der Waals surface area contributed by atoms with Crippen LogP contribution in [0.15, 0.2) is 12.1 Å². The lowest BCUT2D eigenvalue weighted by Crippen LogP contribution is -2.32. The highest BCUT2D eigenvalue weighted by molar-refractivity contribution is 6.01.